The molecule has 0 unspecified atom stereocenters. The average molecular weight is 466 g/mol. The van der Waals surface area contributed by atoms with E-state index in [0.29, 0.717) is 17.1 Å². The van der Waals surface area contributed by atoms with Gasteiger partial charge in [-0.2, -0.15) is 0 Å². The second-order valence-electron chi connectivity index (χ2n) is 8.09. The Labute approximate surface area is 201 Å². The number of aromatic nitrogens is 2. The van der Waals surface area contributed by atoms with Gasteiger partial charge in [0.1, 0.15) is 5.75 Å². The molecule has 0 aliphatic heterocycles. The normalized spacial score (nSPS) is 11.3. The number of phenolic OH excluding ortho intramolecular Hbond substituents is 2. The van der Waals surface area contributed by atoms with Gasteiger partial charge in [-0.3, -0.25) is 4.79 Å². The van der Waals surface area contributed by atoms with Crippen molar-refractivity contribution >= 4 is 33.8 Å². The van der Waals surface area contributed by atoms with Gasteiger partial charge in [0.2, 0.25) is 5.91 Å². The fraction of sp³-hybridized carbons (Fsp3) is 0.0714. The zero-order valence-corrected chi connectivity index (χ0v) is 18.9. The van der Waals surface area contributed by atoms with Crippen molar-refractivity contribution in [3.63, 3.8) is 0 Å². The number of carbonyl (C=O) groups is 1. The lowest BCUT2D eigenvalue weighted by Gasteiger charge is -2.10. The van der Waals surface area contributed by atoms with E-state index in [1.807, 2.05) is 30.3 Å². The van der Waals surface area contributed by atoms with Crippen molar-refractivity contribution in [2.24, 2.45) is 0 Å². The monoisotopic (exact) mass is 465 g/mol. The minimum atomic E-state index is -0.276. The number of hydrogen-bond donors (Lipinski definition) is 4. The van der Waals surface area contributed by atoms with Crippen LogP contribution in [-0.2, 0) is 11.3 Å². The highest BCUT2D eigenvalue weighted by Crippen LogP contribution is 2.36. The molecule has 5 aromatic rings. The lowest BCUT2D eigenvalue weighted by molar-refractivity contribution is -0.116. The summed E-state index contributed by atoms with van der Waals surface area (Å²) in [6.07, 6.45) is 3.06. The number of hydrogen-bond acceptors (Lipinski definition) is 5. The van der Waals surface area contributed by atoms with E-state index < -0.39 is 0 Å². The van der Waals surface area contributed by atoms with Crippen LogP contribution < -0.4 is 10.1 Å². The van der Waals surface area contributed by atoms with E-state index in [4.69, 9.17) is 9.72 Å². The van der Waals surface area contributed by atoms with Crippen LogP contribution in [0.25, 0.3) is 39.1 Å². The third-order valence-electron chi connectivity index (χ3n) is 5.74. The smallest absolute Gasteiger partial charge is 0.244 e. The Morgan fingerprint density at radius 2 is 1.89 bits per heavy atom. The van der Waals surface area contributed by atoms with Gasteiger partial charge in [-0.1, -0.05) is 30.3 Å². The number of H-pyrrole nitrogens is 1. The molecule has 2 heterocycles. The molecule has 4 N–H and O–H groups in total. The number of phenols is 2. The van der Waals surface area contributed by atoms with Gasteiger partial charge in [0.15, 0.2) is 11.5 Å². The van der Waals surface area contributed by atoms with Gasteiger partial charge < -0.3 is 25.3 Å². The highest BCUT2D eigenvalue weighted by molar-refractivity contribution is 6.11. The molecular formula is C28H23N3O4. The second-order valence-corrected chi connectivity index (χ2v) is 8.09. The molecule has 0 aliphatic carbocycles. The van der Waals surface area contributed by atoms with E-state index in [2.05, 4.69) is 10.3 Å². The number of nitrogens with zero attached hydrogens (tertiary/aromatic N) is 1. The number of carbonyl (C=O) groups excluding carboxylic acids is 1. The molecule has 0 spiro atoms. The third kappa shape index (κ3) is 4.52. The third-order valence-corrected chi connectivity index (χ3v) is 5.74. The topological polar surface area (TPSA) is 107 Å². The molecule has 0 radical (unpaired) electrons. The van der Waals surface area contributed by atoms with Gasteiger partial charge in [-0.25, -0.2) is 4.98 Å². The van der Waals surface area contributed by atoms with Crippen molar-refractivity contribution in [3.8, 4) is 28.5 Å². The maximum atomic E-state index is 12.4. The van der Waals surface area contributed by atoms with Crippen molar-refractivity contribution in [2.75, 3.05) is 7.11 Å². The molecule has 0 fully saturated rings. The quantitative estimate of drug-likeness (QED) is 0.260. The number of methoxy groups -OCH3 is 1. The number of nitrogens with one attached hydrogen (secondary N) is 2. The van der Waals surface area contributed by atoms with E-state index in [1.54, 1.807) is 48.5 Å². The van der Waals surface area contributed by atoms with Crippen molar-refractivity contribution < 1.29 is 19.7 Å². The summed E-state index contributed by atoms with van der Waals surface area (Å²) in [5.74, 6) is 0.264. The summed E-state index contributed by atoms with van der Waals surface area (Å²) in [7, 11) is 1.50. The SMILES string of the molecule is COc1cc(-c2nc(CNC(=O)/C=C/c3cccc(O)c3)cc3c2[nH]c2ccccc23)ccc1O. The number of aromatic hydroxyl groups is 2. The summed E-state index contributed by atoms with van der Waals surface area (Å²) in [4.78, 5) is 20.7. The minimum Gasteiger partial charge on any atom is -0.508 e. The predicted molar refractivity (Wildman–Crippen MR) is 136 cm³/mol. The number of para-hydroxylation sites is 1. The first-order valence-corrected chi connectivity index (χ1v) is 11.0. The van der Waals surface area contributed by atoms with Gasteiger partial charge in [-0.15, -0.1) is 0 Å². The highest BCUT2D eigenvalue weighted by Gasteiger charge is 2.15. The van der Waals surface area contributed by atoms with Crippen LogP contribution in [0.15, 0.2) is 78.9 Å². The van der Waals surface area contributed by atoms with E-state index in [-0.39, 0.29) is 24.0 Å². The molecule has 1 amide bonds. The van der Waals surface area contributed by atoms with Crippen molar-refractivity contribution in [1.82, 2.24) is 15.3 Å². The minimum absolute atomic E-state index is 0.0473. The Kier molecular flexibility index (Phi) is 5.81. The Bertz CT molecular complexity index is 1590. The lowest BCUT2D eigenvalue weighted by Crippen LogP contribution is -2.21. The summed E-state index contributed by atoms with van der Waals surface area (Å²) in [6.45, 7) is 0.223. The molecule has 2 aromatic heterocycles. The maximum absolute atomic E-state index is 12.4. The summed E-state index contributed by atoms with van der Waals surface area (Å²) < 4.78 is 5.29. The van der Waals surface area contributed by atoms with E-state index in [1.165, 1.54) is 13.2 Å². The van der Waals surface area contributed by atoms with Gasteiger partial charge in [0, 0.05) is 27.9 Å². The average Bonchev–Trinajstić information content (AvgIpc) is 3.25. The van der Waals surface area contributed by atoms with Crippen LogP contribution in [-0.4, -0.2) is 33.2 Å². The molecule has 7 heteroatoms. The van der Waals surface area contributed by atoms with Crippen LogP contribution in [0.1, 0.15) is 11.3 Å². The van der Waals surface area contributed by atoms with E-state index in [0.717, 1.165) is 32.9 Å². The summed E-state index contributed by atoms with van der Waals surface area (Å²) in [6, 6.07) is 21.7. The Morgan fingerprint density at radius 3 is 2.71 bits per heavy atom. The van der Waals surface area contributed by atoms with Gasteiger partial charge in [0.05, 0.1) is 30.6 Å². The number of ether oxygens (including phenoxy) is 1. The highest BCUT2D eigenvalue weighted by atomic mass is 16.5. The summed E-state index contributed by atoms with van der Waals surface area (Å²) >= 11 is 0. The molecule has 7 nitrogen and oxygen atoms in total. The molecule has 35 heavy (non-hydrogen) atoms. The zero-order chi connectivity index (χ0) is 24.4. The number of rotatable bonds is 6. The van der Waals surface area contributed by atoms with Crippen LogP contribution in [0.2, 0.25) is 0 Å². The molecule has 5 rings (SSSR count). The molecule has 0 aliphatic rings. The predicted octanol–water partition coefficient (Wildman–Crippen LogP) is 5.13. The molecule has 0 saturated heterocycles. The molecular weight excluding hydrogens is 442 g/mol. The largest absolute Gasteiger partial charge is 0.508 e. The number of fused-ring (bicyclic) bond motifs is 3. The van der Waals surface area contributed by atoms with Crippen molar-refractivity contribution in [3.05, 3.63) is 90.1 Å². The first-order chi connectivity index (χ1) is 17.0. The van der Waals surface area contributed by atoms with Crippen molar-refractivity contribution in [2.45, 2.75) is 6.54 Å². The molecule has 174 valence electrons. The molecule has 0 saturated carbocycles. The summed E-state index contributed by atoms with van der Waals surface area (Å²) in [5.41, 5.74) is 4.71. The number of amides is 1. The fourth-order valence-corrected chi connectivity index (χ4v) is 4.06. The Balaban J connectivity index is 1.50. The van der Waals surface area contributed by atoms with Crippen LogP contribution in [0.3, 0.4) is 0 Å². The first-order valence-electron chi connectivity index (χ1n) is 11.0. The van der Waals surface area contributed by atoms with Gasteiger partial charge in [-0.05, 0) is 54.1 Å². The van der Waals surface area contributed by atoms with Gasteiger partial charge in [0.25, 0.3) is 0 Å². The van der Waals surface area contributed by atoms with Crippen LogP contribution in [0.5, 0.6) is 17.2 Å². The zero-order valence-electron chi connectivity index (χ0n) is 18.9. The lowest BCUT2D eigenvalue weighted by atomic mass is 10.1. The number of pyridine rings is 1. The Hall–Kier alpha value is -4.78. The standard InChI is InChI=1S/C28H23N3O4/c1-35-25-14-18(10-11-24(25)33)27-28-22(21-7-2-3-8-23(21)31-28)15-19(30-27)16-29-26(34)12-9-17-5-4-6-20(32)13-17/h2-15,31-33H,16H2,1H3,(H,29,34)/b12-9+. The van der Waals surface area contributed by atoms with Crippen LogP contribution in [0, 0.1) is 0 Å². The molecule has 0 atom stereocenters. The van der Waals surface area contributed by atoms with Crippen LogP contribution >= 0.6 is 0 Å². The fourth-order valence-electron chi connectivity index (χ4n) is 4.06. The second kappa shape index (κ2) is 9.23. The molecule has 3 aromatic carbocycles. The number of aromatic amines is 1. The van der Waals surface area contributed by atoms with Crippen LogP contribution in [0.4, 0.5) is 0 Å². The maximum Gasteiger partial charge on any atom is 0.244 e. The number of benzene rings is 3. The Morgan fingerprint density at radius 1 is 1.03 bits per heavy atom. The van der Waals surface area contributed by atoms with Gasteiger partial charge >= 0.3 is 0 Å². The first kappa shape index (κ1) is 22.0. The van der Waals surface area contributed by atoms with Crippen molar-refractivity contribution in [1.29, 1.82) is 0 Å². The van der Waals surface area contributed by atoms with E-state index in [9.17, 15) is 15.0 Å². The molecule has 0 bridgehead atoms. The summed E-state index contributed by atoms with van der Waals surface area (Å²) in [5, 5.41) is 24.5. The van der Waals surface area contributed by atoms with E-state index >= 15 is 0 Å².